The monoisotopic (exact) mass is 251 g/mol. The first kappa shape index (κ1) is 12.9. The van der Waals surface area contributed by atoms with E-state index in [9.17, 15) is 4.79 Å². The van der Waals surface area contributed by atoms with Crippen molar-refractivity contribution in [1.82, 2.24) is 0 Å². The summed E-state index contributed by atoms with van der Waals surface area (Å²) in [5, 5.41) is 9.01. The molecule has 0 bridgehead atoms. The number of morpholine rings is 1. The van der Waals surface area contributed by atoms with Crippen LogP contribution in [0.2, 0.25) is 0 Å². The number of ether oxygens (including phenoxy) is 2. The van der Waals surface area contributed by atoms with Crippen molar-refractivity contribution in [1.29, 1.82) is 0 Å². The summed E-state index contributed by atoms with van der Waals surface area (Å²) in [6.07, 6.45) is 0. The van der Waals surface area contributed by atoms with E-state index in [1.165, 1.54) is 7.11 Å². The molecule has 1 aromatic carbocycles. The van der Waals surface area contributed by atoms with Crippen molar-refractivity contribution < 1.29 is 19.4 Å². The smallest absolute Gasteiger partial charge is 0.330 e. The number of hydrogen-bond acceptors (Lipinski definition) is 5. The van der Waals surface area contributed by atoms with Crippen LogP contribution in [0.1, 0.15) is 5.56 Å². The van der Waals surface area contributed by atoms with Crippen LogP contribution in [0.4, 0.5) is 5.69 Å². The number of carbonyl (C=O) groups excluding carboxylic acids is 1. The zero-order valence-corrected chi connectivity index (χ0v) is 10.3. The predicted molar refractivity (Wildman–Crippen MR) is 66.3 cm³/mol. The Morgan fingerprint density at radius 1 is 1.50 bits per heavy atom. The van der Waals surface area contributed by atoms with E-state index in [4.69, 9.17) is 14.6 Å². The van der Waals surface area contributed by atoms with Crippen LogP contribution in [0.5, 0.6) is 0 Å². The number of rotatable bonds is 3. The molecule has 1 heterocycles. The van der Waals surface area contributed by atoms with E-state index < -0.39 is 6.04 Å². The average Bonchev–Trinajstić information content (AvgIpc) is 2.46. The van der Waals surface area contributed by atoms with Crippen molar-refractivity contribution in [3.8, 4) is 0 Å². The first-order valence-corrected chi connectivity index (χ1v) is 5.88. The Morgan fingerprint density at radius 3 is 2.83 bits per heavy atom. The average molecular weight is 251 g/mol. The van der Waals surface area contributed by atoms with Gasteiger partial charge in [-0.1, -0.05) is 12.1 Å². The van der Waals surface area contributed by atoms with Gasteiger partial charge in [0.15, 0.2) is 6.04 Å². The van der Waals surface area contributed by atoms with Crippen LogP contribution in [-0.4, -0.2) is 44.0 Å². The highest BCUT2D eigenvalue weighted by molar-refractivity contribution is 5.80. The molecule has 0 saturated carbocycles. The number of aliphatic hydroxyl groups is 1. The Balaban J connectivity index is 2.19. The van der Waals surface area contributed by atoms with Gasteiger partial charge in [0, 0.05) is 12.2 Å². The Morgan fingerprint density at radius 2 is 2.22 bits per heavy atom. The molecule has 1 aliphatic rings. The summed E-state index contributed by atoms with van der Waals surface area (Å²) in [6.45, 7) is 1.60. The van der Waals surface area contributed by atoms with Crippen LogP contribution in [0, 0.1) is 0 Å². The molecule has 2 rings (SSSR count). The molecule has 5 heteroatoms. The zero-order chi connectivity index (χ0) is 13.0. The third kappa shape index (κ3) is 2.63. The molecule has 1 aliphatic heterocycles. The first-order chi connectivity index (χ1) is 8.76. The highest BCUT2D eigenvalue weighted by Crippen LogP contribution is 2.21. The maximum atomic E-state index is 11.7. The van der Waals surface area contributed by atoms with Gasteiger partial charge in [0.1, 0.15) is 0 Å². The second-order valence-electron chi connectivity index (χ2n) is 4.13. The number of carbonyl (C=O) groups is 1. The first-order valence-electron chi connectivity index (χ1n) is 5.88. The second kappa shape index (κ2) is 5.84. The van der Waals surface area contributed by atoms with Crippen molar-refractivity contribution in [2.24, 2.45) is 0 Å². The Labute approximate surface area is 106 Å². The van der Waals surface area contributed by atoms with Crippen molar-refractivity contribution in [3.63, 3.8) is 0 Å². The molecule has 0 aliphatic carbocycles. The Kier molecular flexibility index (Phi) is 4.17. The maximum Gasteiger partial charge on any atom is 0.330 e. The Hall–Kier alpha value is -1.59. The summed E-state index contributed by atoms with van der Waals surface area (Å²) < 4.78 is 10.1. The largest absolute Gasteiger partial charge is 0.467 e. The van der Waals surface area contributed by atoms with Gasteiger partial charge < -0.3 is 19.5 Å². The van der Waals surface area contributed by atoms with E-state index in [2.05, 4.69) is 0 Å². The lowest BCUT2D eigenvalue weighted by molar-refractivity contribution is -0.144. The minimum atomic E-state index is -0.399. The summed E-state index contributed by atoms with van der Waals surface area (Å²) in [5.41, 5.74) is 1.78. The summed E-state index contributed by atoms with van der Waals surface area (Å²) >= 11 is 0. The minimum Gasteiger partial charge on any atom is -0.467 e. The van der Waals surface area contributed by atoms with E-state index in [0.29, 0.717) is 19.8 Å². The van der Waals surface area contributed by atoms with Crippen molar-refractivity contribution in [2.45, 2.75) is 12.6 Å². The molecule has 0 radical (unpaired) electrons. The fraction of sp³-hybridized carbons (Fsp3) is 0.462. The molecule has 1 fully saturated rings. The lowest BCUT2D eigenvalue weighted by Gasteiger charge is -2.35. The van der Waals surface area contributed by atoms with E-state index >= 15 is 0 Å². The lowest BCUT2D eigenvalue weighted by Crippen LogP contribution is -2.50. The maximum absolute atomic E-state index is 11.7. The molecule has 1 aromatic rings. The summed E-state index contributed by atoms with van der Waals surface area (Å²) in [4.78, 5) is 13.7. The summed E-state index contributed by atoms with van der Waals surface area (Å²) in [5.74, 6) is -0.291. The second-order valence-corrected chi connectivity index (χ2v) is 4.13. The van der Waals surface area contributed by atoms with E-state index in [-0.39, 0.29) is 12.6 Å². The molecule has 1 unspecified atom stereocenters. The fourth-order valence-electron chi connectivity index (χ4n) is 2.04. The third-order valence-electron chi connectivity index (χ3n) is 3.05. The highest BCUT2D eigenvalue weighted by Gasteiger charge is 2.30. The normalized spacial score (nSPS) is 19.7. The molecular formula is C13H17NO4. The molecule has 1 N–H and O–H groups in total. The van der Waals surface area contributed by atoms with Gasteiger partial charge in [0.25, 0.3) is 0 Å². The van der Waals surface area contributed by atoms with Crippen LogP contribution >= 0.6 is 0 Å². The summed E-state index contributed by atoms with van der Waals surface area (Å²) in [6, 6.07) is 7.08. The molecule has 1 saturated heterocycles. The van der Waals surface area contributed by atoms with Gasteiger partial charge in [-0.2, -0.15) is 0 Å². The van der Waals surface area contributed by atoms with Crippen LogP contribution in [0.25, 0.3) is 0 Å². The summed E-state index contributed by atoms with van der Waals surface area (Å²) in [7, 11) is 1.38. The van der Waals surface area contributed by atoms with Gasteiger partial charge >= 0.3 is 5.97 Å². The quantitative estimate of drug-likeness (QED) is 0.795. The van der Waals surface area contributed by atoms with Gasteiger partial charge in [-0.25, -0.2) is 4.79 Å². The molecule has 98 valence electrons. The number of benzene rings is 1. The van der Waals surface area contributed by atoms with Crippen molar-refractivity contribution >= 4 is 11.7 Å². The number of anilines is 1. The van der Waals surface area contributed by atoms with E-state index in [0.717, 1.165) is 11.3 Å². The fourth-order valence-corrected chi connectivity index (χ4v) is 2.04. The number of methoxy groups -OCH3 is 1. The Bertz CT molecular complexity index is 404. The van der Waals surface area contributed by atoms with Gasteiger partial charge in [-0.3, -0.25) is 0 Å². The number of aliphatic hydroxyl groups excluding tert-OH is 1. The van der Waals surface area contributed by atoms with Gasteiger partial charge in [-0.05, 0) is 17.7 Å². The van der Waals surface area contributed by atoms with Crippen LogP contribution in [0.3, 0.4) is 0 Å². The lowest BCUT2D eigenvalue weighted by atomic mass is 10.1. The van der Waals surface area contributed by atoms with Gasteiger partial charge in [-0.15, -0.1) is 0 Å². The van der Waals surface area contributed by atoms with Gasteiger partial charge in [0.2, 0.25) is 0 Å². The molecule has 5 nitrogen and oxygen atoms in total. The van der Waals surface area contributed by atoms with E-state index in [1.54, 1.807) is 0 Å². The molecule has 18 heavy (non-hydrogen) atoms. The predicted octanol–water partition coefficient (Wildman–Crippen LogP) is 0.557. The van der Waals surface area contributed by atoms with Crippen LogP contribution in [-0.2, 0) is 20.9 Å². The molecule has 1 atom stereocenters. The highest BCUT2D eigenvalue weighted by atomic mass is 16.5. The molecule has 0 spiro atoms. The molecule has 0 amide bonds. The van der Waals surface area contributed by atoms with Crippen LogP contribution in [0.15, 0.2) is 24.3 Å². The molecule has 0 aromatic heterocycles. The number of nitrogens with zero attached hydrogens (tertiary/aromatic N) is 1. The third-order valence-corrected chi connectivity index (χ3v) is 3.05. The number of hydrogen-bond donors (Lipinski definition) is 1. The van der Waals surface area contributed by atoms with Crippen molar-refractivity contribution in [3.05, 3.63) is 29.8 Å². The standard InChI is InChI=1S/C13H17NO4/c1-17-13(16)12-9-18-7-6-14(12)11-4-2-10(8-15)3-5-11/h2-5,12,15H,6-9H2,1H3. The minimum absolute atomic E-state index is 0.0177. The number of esters is 1. The zero-order valence-electron chi connectivity index (χ0n) is 10.3. The van der Waals surface area contributed by atoms with Gasteiger partial charge in [0.05, 0.1) is 26.9 Å². The van der Waals surface area contributed by atoms with E-state index in [1.807, 2.05) is 29.2 Å². The topological polar surface area (TPSA) is 59.0 Å². The van der Waals surface area contributed by atoms with Crippen LogP contribution < -0.4 is 4.90 Å². The van der Waals surface area contributed by atoms with Crippen molar-refractivity contribution in [2.75, 3.05) is 31.8 Å². The molecular weight excluding hydrogens is 234 g/mol. The SMILES string of the molecule is COC(=O)C1COCCN1c1ccc(CO)cc1.